The highest BCUT2D eigenvalue weighted by Crippen LogP contribution is 2.01. The van der Waals surface area contributed by atoms with E-state index >= 15 is 0 Å². The molecule has 1 atom stereocenters. The molecule has 7 nitrogen and oxygen atoms in total. The molecule has 0 fully saturated rings. The molecule has 2 aromatic heterocycles. The molecule has 3 N–H and O–H groups in total. The molecule has 7 heteroatoms. The lowest BCUT2D eigenvalue weighted by Crippen LogP contribution is -2.43. The summed E-state index contributed by atoms with van der Waals surface area (Å²) in [6, 6.07) is 2.44. The van der Waals surface area contributed by atoms with Crippen molar-refractivity contribution in [2.75, 3.05) is 0 Å². The number of hydrogen-bond acceptors (Lipinski definition) is 4. The third kappa shape index (κ3) is 3.91. The van der Waals surface area contributed by atoms with Gasteiger partial charge in [-0.25, -0.2) is 9.78 Å². The maximum atomic E-state index is 11.8. The third-order valence-electron chi connectivity index (χ3n) is 2.73. The molecule has 0 radical (unpaired) electrons. The van der Waals surface area contributed by atoms with Gasteiger partial charge in [0.1, 0.15) is 6.04 Å². The first-order valence-electron chi connectivity index (χ1n) is 6.03. The second-order valence-electron chi connectivity index (χ2n) is 4.27. The minimum Gasteiger partial charge on any atom is -0.480 e. The summed E-state index contributed by atoms with van der Waals surface area (Å²) >= 11 is 0. The van der Waals surface area contributed by atoms with Crippen LogP contribution in [-0.4, -0.2) is 38.0 Å². The predicted octanol–water partition coefficient (Wildman–Crippen LogP) is 0.159. The van der Waals surface area contributed by atoms with E-state index in [0.717, 1.165) is 5.56 Å². The van der Waals surface area contributed by atoms with Gasteiger partial charge in [0, 0.05) is 30.7 Å². The monoisotopic (exact) mass is 274 g/mol. The summed E-state index contributed by atoms with van der Waals surface area (Å²) in [7, 11) is 0. The van der Waals surface area contributed by atoms with Crippen LogP contribution in [-0.2, 0) is 22.4 Å². The normalized spacial score (nSPS) is 11.8. The van der Waals surface area contributed by atoms with Crippen molar-refractivity contribution < 1.29 is 14.7 Å². The van der Waals surface area contributed by atoms with Gasteiger partial charge in [-0.2, -0.15) is 0 Å². The number of carbonyl (C=O) groups excluding carboxylic acids is 1. The molecule has 2 aromatic rings. The van der Waals surface area contributed by atoms with Gasteiger partial charge < -0.3 is 15.4 Å². The summed E-state index contributed by atoms with van der Waals surface area (Å²) in [6.45, 7) is 0. The first-order valence-corrected chi connectivity index (χ1v) is 6.03. The van der Waals surface area contributed by atoms with Crippen molar-refractivity contribution in [1.82, 2.24) is 20.3 Å². The van der Waals surface area contributed by atoms with Crippen molar-refractivity contribution in [1.29, 1.82) is 0 Å². The van der Waals surface area contributed by atoms with Gasteiger partial charge in [0.05, 0.1) is 12.7 Å². The number of H-pyrrole nitrogens is 1. The average molecular weight is 274 g/mol. The van der Waals surface area contributed by atoms with Crippen molar-refractivity contribution in [2.45, 2.75) is 18.9 Å². The number of aromatic nitrogens is 3. The molecule has 1 amide bonds. The van der Waals surface area contributed by atoms with Gasteiger partial charge in [0.2, 0.25) is 5.91 Å². The molecule has 0 aromatic carbocycles. The van der Waals surface area contributed by atoms with E-state index < -0.39 is 12.0 Å². The first kappa shape index (κ1) is 13.7. The maximum absolute atomic E-state index is 11.8. The van der Waals surface area contributed by atoms with E-state index in [1.54, 1.807) is 24.5 Å². The van der Waals surface area contributed by atoms with Gasteiger partial charge >= 0.3 is 5.97 Å². The largest absolute Gasteiger partial charge is 0.480 e. The van der Waals surface area contributed by atoms with Crippen LogP contribution < -0.4 is 5.32 Å². The standard InChI is InChI=1S/C13H14N4O3/c18-12(5-9-1-3-14-4-2-9)17-11(13(19)20)6-10-7-15-8-16-10/h1-4,7-8,11H,5-6H2,(H,15,16)(H,17,18)(H,19,20)/t11-/m1/s1. The Hall–Kier alpha value is -2.70. The van der Waals surface area contributed by atoms with E-state index in [9.17, 15) is 9.59 Å². The zero-order valence-electron chi connectivity index (χ0n) is 10.6. The lowest BCUT2D eigenvalue weighted by atomic mass is 10.1. The van der Waals surface area contributed by atoms with Crippen molar-refractivity contribution in [3.05, 3.63) is 48.3 Å². The van der Waals surface area contributed by atoms with Crippen molar-refractivity contribution in [3.8, 4) is 0 Å². The molecular weight excluding hydrogens is 260 g/mol. The Morgan fingerprint density at radius 1 is 1.30 bits per heavy atom. The number of nitrogens with zero attached hydrogens (tertiary/aromatic N) is 2. The molecule has 0 spiro atoms. The summed E-state index contributed by atoms with van der Waals surface area (Å²) < 4.78 is 0. The van der Waals surface area contributed by atoms with Crippen LogP contribution in [0.15, 0.2) is 37.1 Å². The molecule has 0 aliphatic rings. The van der Waals surface area contributed by atoms with Crippen LogP contribution in [0.1, 0.15) is 11.3 Å². The highest BCUT2D eigenvalue weighted by molar-refractivity contribution is 5.84. The average Bonchev–Trinajstić information content (AvgIpc) is 2.92. The van der Waals surface area contributed by atoms with Crippen LogP contribution >= 0.6 is 0 Å². The van der Waals surface area contributed by atoms with E-state index in [4.69, 9.17) is 5.11 Å². The fraction of sp³-hybridized carbons (Fsp3) is 0.231. The summed E-state index contributed by atoms with van der Waals surface area (Å²) in [5.74, 6) is -1.43. The first-order chi connectivity index (χ1) is 9.65. The Morgan fingerprint density at radius 3 is 2.65 bits per heavy atom. The van der Waals surface area contributed by atoms with E-state index in [1.807, 2.05) is 0 Å². The predicted molar refractivity (Wildman–Crippen MR) is 69.8 cm³/mol. The van der Waals surface area contributed by atoms with Crippen molar-refractivity contribution in [2.24, 2.45) is 0 Å². The molecule has 20 heavy (non-hydrogen) atoms. The number of rotatable bonds is 6. The fourth-order valence-corrected chi connectivity index (χ4v) is 1.75. The van der Waals surface area contributed by atoms with E-state index in [2.05, 4.69) is 20.3 Å². The van der Waals surface area contributed by atoms with Gasteiger partial charge in [0.25, 0.3) is 0 Å². The minimum absolute atomic E-state index is 0.120. The summed E-state index contributed by atoms with van der Waals surface area (Å²) in [4.78, 5) is 33.5. The SMILES string of the molecule is O=C(Cc1ccncc1)N[C@H](Cc1cnc[nH]1)C(=O)O. The smallest absolute Gasteiger partial charge is 0.326 e. The number of nitrogens with one attached hydrogen (secondary N) is 2. The molecule has 0 bridgehead atoms. The van der Waals surface area contributed by atoms with Gasteiger partial charge in [-0.1, -0.05) is 0 Å². The number of aliphatic carboxylic acids is 1. The number of pyridine rings is 1. The topological polar surface area (TPSA) is 108 Å². The van der Waals surface area contributed by atoms with Crippen molar-refractivity contribution >= 4 is 11.9 Å². The number of aromatic amines is 1. The molecule has 0 saturated carbocycles. The second kappa shape index (κ2) is 6.46. The van der Waals surface area contributed by atoms with Crippen molar-refractivity contribution in [3.63, 3.8) is 0 Å². The fourth-order valence-electron chi connectivity index (χ4n) is 1.75. The maximum Gasteiger partial charge on any atom is 0.326 e. The minimum atomic E-state index is -1.08. The number of carbonyl (C=O) groups is 2. The lowest BCUT2D eigenvalue weighted by molar-refractivity contribution is -0.141. The molecule has 104 valence electrons. The number of amides is 1. The van der Waals surface area contributed by atoms with Crippen LogP contribution in [0.4, 0.5) is 0 Å². The highest BCUT2D eigenvalue weighted by atomic mass is 16.4. The number of carboxylic acids is 1. The van der Waals surface area contributed by atoms with Crippen LogP contribution in [0.3, 0.4) is 0 Å². The van der Waals surface area contributed by atoms with Gasteiger partial charge in [-0.3, -0.25) is 9.78 Å². The van der Waals surface area contributed by atoms with E-state index in [0.29, 0.717) is 5.69 Å². The molecule has 2 rings (SSSR count). The van der Waals surface area contributed by atoms with Gasteiger partial charge in [-0.15, -0.1) is 0 Å². The van der Waals surface area contributed by atoms with Crippen LogP contribution in [0.25, 0.3) is 0 Å². The third-order valence-corrected chi connectivity index (χ3v) is 2.73. The van der Waals surface area contributed by atoms with E-state index in [1.165, 1.54) is 12.5 Å². The Labute approximate surface area is 115 Å². The molecule has 0 unspecified atom stereocenters. The Bertz CT molecular complexity index is 569. The summed E-state index contributed by atoms with van der Waals surface area (Å²) in [5, 5.41) is 11.6. The lowest BCUT2D eigenvalue weighted by Gasteiger charge is -2.13. The molecule has 2 heterocycles. The summed E-state index contributed by atoms with van der Waals surface area (Å²) in [5.41, 5.74) is 1.43. The molecule has 0 saturated heterocycles. The Kier molecular flexibility index (Phi) is 4.43. The second-order valence-corrected chi connectivity index (χ2v) is 4.27. The molecule has 0 aliphatic heterocycles. The molecular formula is C13H14N4O3. The molecule has 0 aliphatic carbocycles. The quantitative estimate of drug-likeness (QED) is 0.695. The van der Waals surface area contributed by atoms with Crippen LogP contribution in [0.5, 0.6) is 0 Å². The van der Waals surface area contributed by atoms with Gasteiger partial charge in [-0.05, 0) is 17.7 Å². The number of imidazole rings is 1. The Morgan fingerprint density at radius 2 is 2.05 bits per heavy atom. The van der Waals surface area contributed by atoms with Gasteiger partial charge in [0.15, 0.2) is 0 Å². The van der Waals surface area contributed by atoms with Crippen LogP contribution in [0.2, 0.25) is 0 Å². The Balaban J connectivity index is 1.94. The summed E-state index contributed by atoms with van der Waals surface area (Å²) in [6.07, 6.45) is 6.45. The zero-order valence-corrected chi connectivity index (χ0v) is 10.6. The van der Waals surface area contributed by atoms with Crippen LogP contribution in [0, 0.1) is 0 Å². The number of carboxylic acid groups (broad SMARTS) is 1. The highest BCUT2D eigenvalue weighted by Gasteiger charge is 2.20. The number of hydrogen-bond donors (Lipinski definition) is 3. The zero-order chi connectivity index (χ0) is 14.4. The van der Waals surface area contributed by atoms with E-state index in [-0.39, 0.29) is 18.7 Å².